The fraction of sp³-hybridized carbons (Fsp3) is 0.529. The summed E-state index contributed by atoms with van der Waals surface area (Å²) in [6, 6.07) is 5.09. The zero-order chi connectivity index (χ0) is 18.2. The van der Waals surface area contributed by atoms with Crippen LogP contribution in [0.3, 0.4) is 0 Å². The first kappa shape index (κ1) is 22.5. The molecule has 2 amide bonds. The number of amides is 2. The van der Waals surface area contributed by atoms with Crippen LogP contribution in [0.4, 0.5) is 5.69 Å². The second-order valence-corrected chi connectivity index (χ2v) is 6.46. The Hall–Kier alpha value is -1.54. The van der Waals surface area contributed by atoms with Crippen molar-refractivity contribution in [3.05, 3.63) is 23.2 Å². The molecule has 0 aromatic heterocycles. The normalized spacial score (nSPS) is 17.1. The highest BCUT2D eigenvalue weighted by Crippen LogP contribution is 2.27. The minimum Gasteiger partial charge on any atom is -0.495 e. The van der Waals surface area contributed by atoms with Crippen molar-refractivity contribution in [3.63, 3.8) is 0 Å². The molecular weight excluding hydrogens is 379 g/mol. The third-order valence-electron chi connectivity index (χ3n) is 4.12. The number of carbonyl (C=O) groups excluding carboxylic acids is 2. The number of nitrogens with two attached hydrogens (primary N) is 1. The molecule has 0 radical (unpaired) electrons. The van der Waals surface area contributed by atoms with Crippen molar-refractivity contribution in [2.24, 2.45) is 11.7 Å². The number of hydrogen-bond acceptors (Lipinski definition) is 5. The van der Waals surface area contributed by atoms with Gasteiger partial charge in [0.2, 0.25) is 11.8 Å². The Balaban J connectivity index is 0.00000338. The largest absolute Gasteiger partial charge is 0.495 e. The molecule has 1 unspecified atom stereocenters. The topological polar surface area (TPSA) is 96.7 Å². The molecule has 1 fully saturated rings. The third kappa shape index (κ3) is 6.64. The van der Waals surface area contributed by atoms with Crippen LogP contribution >= 0.6 is 24.0 Å². The van der Waals surface area contributed by atoms with E-state index in [2.05, 4.69) is 10.6 Å². The van der Waals surface area contributed by atoms with E-state index in [1.165, 1.54) is 7.11 Å². The van der Waals surface area contributed by atoms with Crippen LogP contribution in [0.25, 0.3) is 0 Å². The number of likely N-dealkylation sites (tertiary alicyclic amines) is 1. The molecule has 26 heavy (non-hydrogen) atoms. The number of nitrogens with zero attached hydrogens (tertiary/aromatic N) is 1. The van der Waals surface area contributed by atoms with Crippen molar-refractivity contribution < 1.29 is 14.3 Å². The molecule has 1 aromatic carbocycles. The van der Waals surface area contributed by atoms with E-state index in [1.807, 2.05) is 4.90 Å². The minimum atomic E-state index is -0.135. The van der Waals surface area contributed by atoms with Crippen LogP contribution in [0.5, 0.6) is 5.75 Å². The Kier molecular flexibility index (Phi) is 9.72. The molecule has 2 rings (SSSR count). The molecule has 0 saturated carbocycles. The number of benzene rings is 1. The molecule has 0 bridgehead atoms. The van der Waals surface area contributed by atoms with Crippen LogP contribution in [0.1, 0.15) is 12.8 Å². The first-order chi connectivity index (χ1) is 12.0. The number of anilines is 1. The van der Waals surface area contributed by atoms with Crippen LogP contribution in [-0.4, -0.2) is 56.5 Å². The SMILES string of the molecule is COc1ccc(NC(=O)CN2CCCC(C(=O)NCCN)C2)cc1Cl.Cl. The fourth-order valence-corrected chi connectivity index (χ4v) is 3.16. The number of hydrogen-bond donors (Lipinski definition) is 3. The lowest BCUT2D eigenvalue weighted by Gasteiger charge is -2.31. The Morgan fingerprint density at radius 2 is 2.19 bits per heavy atom. The minimum absolute atomic E-state index is 0. The van der Waals surface area contributed by atoms with Crippen molar-refractivity contribution in [1.29, 1.82) is 0 Å². The molecule has 9 heteroatoms. The second-order valence-electron chi connectivity index (χ2n) is 6.05. The lowest BCUT2D eigenvalue weighted by Crippen LogP contribution is -2.46. The molecule has 146 valence electrons. The van der Waals surface area contributed by atoms with E-state index in [-0.39, 0.29) is 36.7 Å². The Bertz CT molecular complexity index is 616. The van der Waals surface area contributed by atoms with Gasteiger partial charge in [-0.3, -0.25) is 14.5 Å². The molecule has 0 spiro atoms. The van der Waals surface area contributed by atoms with E-state index in [1.54, 1.807) is 18.2 Å². The highest BCUT2D eigenvalue weighted by molar-refractivity contribution is 6.32. The van der Waals surface area contributed by atoms with Gasteiger partial charge in [-0.05, 0) is 37.6 Å². The molecule has 1 atom stereocenters. The van der Waals surface area contributed by atoms with E-state index in [0.717, 1.165) is 19.4 Å². The zero-order valence-electron chi connectivity index (χ0n) is 14.8. The van der Waals surface area contributed by atoms with Gasteiger partial charge in [-0.15, -0.1) is 12.4 Å². The summed E-state index contributed by atoms with van der Waals surface area (Å²) in [4.78, 5) is 26.3. The standard InChI is InChI=1S/C17H25ClN4O3.ClH/c1-25-15-5-4-13(9-14(15)18)21-16(23)11-22-8-2-3-12(10-22)17(24)20-7-6-19;/h4-5,9,12H,2-3,6-8,10-11,19H2,1H3,(H,20,24)(H,21,23);1H. The predicted octanol–water partition coefficient (Wildman–Crippen LogP) is 1.50. The lowest BCUT2D eigenvalue weighted by atomic mass is 9.97. The van der Waals surface area contributed by atoms with E-state index < -0.39 is 0 Å². The average molecular weight is 405 g/mol. The highest BCUT2D eigenvalue weighted by atomic mass is 35.5. The molecule has 1 aromatic rings. The van der Waals surface area contributed by atoms with Crippen molar-refractivity contribution >= 4 is 41.5 Å². The average Bonchev–Trinajstić information content (AvgIpc) is 2.60. The highest BCUT2D eigenvalue weighted by Gasteiger charge is 2.26. The maximum atomic E-state index is 12.3. The molecule has 1 aliphatic rings. The van der Waals surface area contributed by atoms with Gasteiger partial charge >= 0.3 is 0 Å². The van der Waals surface area contributed by atoms with Gasteiger partial charge < -0.3 is 21.1 Å². The summed E-state index contributed by atoms with van der Waals surface area (Å²) in [5, 5.41) is 6.08. The maximum absolute atomic E-state index is 12.3. The zero-order valence-corrected chi connectivity index (χ0v) is 16.4. The second kappa shape index (κ2) is 11.2. The molecule has 1 aliphatic heterocycles. The van der Waals surface area contributed by atoms with Gasteiger partial charge in [0.1, 0.15) is 5.75 Å². The van der Waals surface area contributed by atoms with Gasteiger partial charge in [0.05, 0.1) is 24.6 Å². The molecule has 7 nitrogen and oxygen atoms in total. The summed E-state index contributed by atoms with van der Waals surface area (Å²) in [5.41, 5.74) is 6.02. The number of piperidine rings is 1. The first-order valence-corrected chi connectivity index (χ1v) is 8.74. The van der Waals surface area contributed by atoms with Crippen LogP contribution in [0.15, 0.2) is 18.2 Å². The molecule has 0 aliphatic carbocycles. The lowest BCUT2D eigenvalue weighted by molar-refractivity contribution is -0.127. The van der Waals surface area contributed by atoms with Crippen LogP contribution in [0, 0.1) is 5.92 Å². The summed E-state index contributed by atoms with van der Waals surface area (Å²) in [5.74, 6) is 0.340. The molecular formula is C17H26Cl2N4O3. The summed E-state index contributed by atoms with van der Waals surface area (Å²) in [6.45, 7) is 2.53. The van der Waals surface area contributed by atoms with Crippen LogP contribution in [-0.2, 0) is 9.59 Å². The number of rotatable bonds is 7. The van der Waals surface area contributed by atoms with E-state index in [4.69, 9.17) is 22.1 Å². The fourth-order valence-electron chi connectivity index (χ4n) is 2.90. The monoisotopic (exact) mass is 404 g/mol. The number of carbonyl (C=O) groups is 2. The van der Waals surface area contributed by atoms with Gasteiger partial charge in [-0.1, -0.05) is 11.6 Å². The van der Waals surface area contributed by atoms with E-state index in [0.29, 0.717) is 36.1 Å². The van der Waals surface area contributed by atoms with Gasteiger partial charge in [0.25, 0.3) is 0 Å². The Morgan fingerprint density at radius 1 is 1.42 bits per heavy atom. The van der Waals surface area contributed by atoms with Gasteiger partial charge in [0.15, 0.2) is 0 Å². The van der Waals surface area contributed by atoms with Gasteiger partial charge in [0, 0.05) is 25.3 Å². The number of halogens is 2. The predicted molar refractivity (Wildman–Crippen MR) is 105 cm³/mol. The molecule has 4 N–H and O–H groups in total. The van der Waals surface area contributed by atoms with Crippen molar-refractivity contribution in [2.75, 3.05) is 45.2 Å². The van der Waals surface area contributed by atoms with Crippen LogP contribution < -0.4 is 21.1 Å². The quantitative estimate of drug-likeness (QED) is 0.639. The summed E-state index contributed by atoms with van der Waals surface area (Å²) in [7, 11) is 1.54. The van der Waals surface area contributed by atoms with E-state index in [9.17, 15) is 9.59 Å². The first-order valence-electron chi connectivity index (χ1n) is 8.37. The number of nitrogens with one attached hydrogen (secondary N) is 2. The van der Waals surface area contributed by atoms with Crippen molar-refractivity contribution in [1.82, 2.24) is 10.2 Å². The number of ether oxygens (including phenoxy) is 1. The van der Waals surface area contributed by atoms with Crippen molar-refractivity contribution in [2.45, 2.75) is 12.8 Å². The third-order valence-corrected chi connectivity index (χ3v) is 4.42. The molecule has 1 saturated heterocycles. The number of methoxy groups -OCH3 is 1. The smallest absolute Gasteiger partial charge is 0.238 e. The maximum Gasteiger partial charge on any atom is 0.238 e. The van der Waals surface area contributed by atoms with E-state index >= 15 is 0 Å². The van der Waals surface area contributed by atoms with Gasteiger partial charge in [-0.25, -0.2) is 0 Å². The summed E-state index contributed by atoms with van der Waals surface area (Å²) in [6.07, 6.45) is 1.73. The summed E-state index contributed by atoms with van der Waals surface area (Å²) >= 11 is 6.06. The van der Waals surface area contributed by atoms with Gasteiger partial charge in [-0.2, -0.15) is 0 Å². The summed E-state index contributed by atoms with van der Waals surface area (Å²) < 4.78 is 5.09. The van der Waals surface area contributed by atoms with Crippen LogP contribution in [0.2, 0.25) is 5.02 Å². The Morgan fingerprint density at radius 3 is 2.85 bits per heavy atom. The Labute approximate surface area is 165 Å². The van der Waals surface area contributed by atoms with Crippen molar-refractivity contribution in [3.8, 4) is 5.75 Å². The molecule has 1 heterocycles.